The number of benzene rings is 2. The van der Waals surface area contributed by atoms with Crippen molar-refractivity contribution in [1.29, 1.82) is 0 Å². The largest absolute Gasteiger partial charge is 0.452 e. The molecule has 0 fully saturated rings. The molecule has 0 atom stereocenters. The predicted molar refractivity (Wildman–Crippen MR) is 91.5 cm³/mol. The maximum atomic E-state index is 13.0. The SMILES string of the molecule is CC(=O)c1cccc(NC(=O)COC(=O)/C=C/c2cccc(F)c2)c1. The summed E-state index contributed by atoms with van der Waals surface area (Å²) < 4.78 is 17.8. The minimum absolute atomic E-state index is 0.120. The van der Waals surface area contributed by atoms with E-state index in [1.165, 1.54) is 37.3 Å². The molecule has 0 radical (unpaired) electrons. The Bertz CT molecular complexity index is 830. The van der Waals surface area contributed by atoms with E-state index in [-0.39, 0.29) is 5.78 Å². The summed E-state index contributed by atoms with van der Waals surface area (Å²) in [5.41, 5.74) is 1.40. The first-order valence-corrected chi connectivity index (χ1v) is 7.45. The summed E-state index contributed by atoms with van der Waals surface area (Å²) in [7, 11) is 0. The molecule has 0 heterocycles. The summed E-state index contributed by atoms with van der Waals surface area (Å²) in [5, 5.41) is 2.53. The number of hydrogen-bond acceptors (Lipinski definition) is 4. The molecule has 25 heavy (non-hydrogen) atoms. The standard InChI is InChI=1S/C19H16FNO4/c1-13(22)15-5-3-7-17(11-15)21-18(23)12-25-19(24)9-8-14-4-2-6-16(20)10-14/h2-11H,12H2,1H3,(H,21,23)/b9-8+. The van der Waals surface area contributed by atoms with E-state index < -0.39 is 24.3 Å². The minimum atomic E-state index is -0.725. The third kappa shape index (κ3) is 6.02. The molecule has 1 amide bonds. The Hall–Kier alpha value is -3.28. The van der Waals surface area contributed by atoms with Gasteiger partial charge in [0.25, 0.3) is 5.91 Å². The lowest BCUT2D eigenvalue weighted by atomic mass is 10.1. The van der Waals surface area contributed by atoms with Crippen LogP contribution in [0.5, 0.6) is 0 Å². The van der Waals surface area contributed by atoms with Crippen LogP contribution in [0.25, 0.3) is 6.08 Å². The van der Waals surface area contributed by atoms with E-state index in [2.05, 4.69) is 5.32 Å². The monoisotopic (exact) mass is 341 g/mol. The number of rotatable bonds is 6. The minimum Gasteiger partial charge on any atom is -0.452 e. The number of amides is 1. The van der Waals surface area contributed by atoms with E-state index in [9.17, 15) is 18.8 Å². The van der Waals surface area contributed by atoms with Crippen LogP contribution in [0.2, 0.25) is 0 Å². The Labute approximate surface area is 144 Å². The lowest BCUT2D eigenvalue weighted by Crippen LogP contribution is -2.20. The van der Waals surface area contributed by atoms with Crippen LogP contribution in [0.15, 0.2) is 54.6 Å². The number of ether oxygens (including phenoxy) is 1. The van der Waals surface area contributed by atoms with Crippen LogP contribution >= 0.6 is 0 Å². The van der Waals surface area contributed by atoms with E-state index in [1.807, 2.05) is 0 Å². The number of carbonyl (C=O) groups is 3. The number of Topliss-reactive ketones (excluding diaryl/α,β-unsaturated/α-hetero) is 1. The molecule has 0 aliphatic carbocycles. The zero-order valence-electron chi connectivity index (χ0n) is 13.5. The van der Waals surface area contributed by atoms with Crippen LogP contribution in [-0.2, 0) is 14.3 Å². The van der Waals surface area contributed by atoms with Crippen molar-refractivity contribution in [2.75, 3.05) is 11.9 Å². The smallest absolute Gasteiger partial charge is 0.331 e. The van der Waals surface area contributed by atoms with E-state index in [0.29, 0.717) is 16.8 Å². The molecule has 2 rings (SSSR count). The van der Waals surface area contributed by atoms with Gasteiger partial charge in [0.05, 0.1) is 0 Å². The van der Waals surface area contributed by atoms with Crippen molar-refractivity contribution in [3.8, 4) is 0 Å². The van der Waals surface area contributed by atoms with Crippen molar-refractivity contribution in [1.82, 2.24) is 0 Å². The van der Waals surface area contributed by atoms with Gasteiger partial charge in [0.1, 0.15) is 5.82 Å². The van der Waals surface area contributed by atoms with E-state index in [4.69, 9.17) is 4.74 Å². The summed E-state index contributed by atoms with van der Waals surface area (Å²) in [6, 6.07) is 12.1. The lowest BCUT2D eigenvalue weighted by molar-refractivity contribution is -0.142. The summed E-state index contributed by atoms with van der Waals surface area (Å²) in [6.07, 6.45) is 2.50. The molecule has 2 aromatic rings. The molecular weight excluding hydrogens is 325 g/mol. The molecule has 6 heteroatoms. The number of ketones is 1. The number of carbonyl (C=O) groups excluding carboxylic acids is 3. The zero-order chi connectivity index (χ0) is 18.2. The van der Waals surface area contributed by atoms with Crippen molar-refractivity contribution < 1.29 is 23.5 Å². The second-order valence-electron chi connectivity index (χ2n) is 5.18. The zero-order valence-corrected chi connectivity index (χ0v) is 13.5. The molecule has 1 N–H and O–H groups in total. The Morgan fingerprint density at radius 1 is 1.12 bits per heavy atom. The van der Waals surface area contributed by atoms with Crippen LogP contribution in [0.3, 0.4) is 0 Å². The van der Waals surface area contributed by atoms with E-state index in [0.717, 1.165) is 6.08 Å². The number of halogens is 1. The number of anilines is 1. The van der Waals surface area contributed by atoms with Crippen molar-refractivity contribution in [2.45, 2.75) is 6.92 Å². The summed E-state index contributed by atoms with van der Waals surface area (Å²) in [4.78, 5) is 34.6. The Morgan fingerprint density at radius 2 is 1.88 bits per heavy atom. The lowest BCUT2D eigenvalue weighted by Gasteiger charge is -2.06. The quantitative estimate of drug-likeness (QED) is 0.497. The Kier molecular flexibility index (Phi) is 6.17. The number of nitrogens with one attached hydrogen (secondary N) is 1. The van der Waals surface area contributed by atoms with Crippen LogP contribution in [-0.4, -0.2) is 24.3 Å². The van der Waals surface area contributed by atoms with E-state index >= 15 is 0 Å². The fourth-order valence-corrected chi connectivity index (χ4v) is 1.97. The van der Waals surface area contributed by atoms with Gasteiger partial charge in [0.2, 0.25) is 0 Å². The van der Waals surface area contributed by atoms with Gasteiger partial charge in [-0.1, -0.05) is 24.3 Å². The van der Waals surface area contributed by atoms with Gasteiger partial charge >= 0.3 is 5.97 Å². The first-order chi connectivity index (χ1) is 11.9. The van der Waals surface area contributed by atoms with Crippen LogP contribution in [0, 0.1) is 5.82 Å². The Balaban J connectivity index is 1.84. The maximum absolute atomic E-state index is 13.0. The number of esters is 1. The topological polar surface area (TPSA) is 72.5 Å². The highest BCUT2D eigenvalue weighted by Crippen LogP contribution is 2.11. The highest BCUT2D eigenvalue weighted by Gasteiger charge is 2.07. The fourth-order valence-electron chi connectivity index (χ4n) is 1.97. The molecule has 128 valence electrons. The molecule has 5 nitrogen and oxygen atoms in total. The number of hydrogen-bond donors (Lipinski definition) is 1. The van der Waals surface area contributed by atoms with Gasteiger partial charge in [-0.25, -0.2) is 9.18 Å². The second-order valence-corrected chi connectivity index (χ2v) is 5.18. The fraction of sp³-hybridized carbons (Fsp3) is 0.105. The van der Waals surface area contributed by atoms with Crippen LogP contribution < -0.4 is 5.32 Å². The highest BCUT2D eigenvalue weighted by molar-refractivity contribution is 5.98. The molecule has 0 spiro atoms. The average Bonchev–Trinajstić information content (AvgIpc) is 2.58. The molecule has 2 aromatic carbocycles. The third-order valence-corrected chi connectivity index (χ3v) is 3.16. The third-order valence-electron chi connectivity index (χ3n) is 3.16. The van der Waals surface area contributed by atoms with Crippen molar-refractivity contribution >= 4 is 29.4 Å². The van der Waals surface area contributed by atoms with Crippen molar-refractivity contribution in [2.24, 2.45) is 0 Å². The molecule has 0 saturated carbocycles. The van der Waals surface area contributed by atoms with Gasteiger partial charge in [-0.3, -0.25) is 9.59 Å². The van der Waals surface area contributed by atoms with Crippen LogP contribution in [0.1, 0.15) is 22.8 Å². The first kappa shape index (κ1) is 18.1. The second kappa shape index (κ2) is 8.54. The molecule has 0 aliphatic heterocycles. The highest BCUT2D eigenvalue weighted by atomic mass is 19.1. The molecule has 0 unspecified atom stereocenters. The van der Waals surface area contributed by atoms with Gasteiger partial charge < -0.3 is 10.1 Å². The van der Waals surface area contributed by atoms with Gasteiger partial charge in [-0.15, -0.1) is 0 Å². The van der Waals surface area contributed by atoms with Gasteiger partial charge in [-0.2, -0.15) is 0 Å². The van der Waals surface area contributed by atoms with Crippen molar-refractivity contribution in [3.05, 3.63) is 71.6 Å². The molecule has 0 aliphatic rings. The van der Waals surface area contributed by atoms with Gasteiger partial charge in [0.15, 0.2) is 12.4 Å². The Morgan fingerprint density at radius 3 is 2.60 bits per heavy atom. The summed E-state index contributed by atoms with van der Waals surface area (Å²) >= 11 is 0. The predicted octanol–water partition coefficient (Wildman–Crippen LogP) is 3.22. The maximum Gasteiger partial charge on any atom is 0.331 e. The van der Waals surface area contributed by atoms with Crippen molar-refractivity contribution in [3.63, 3.8) is 0 Å². The van der Waals surface area contributed by atoms with Gasteiger partial charge in [0, 0.05) is 17.3 Å². The molecule has 0 saturated heterocycles. The average molecular weight is 341 g/mol. The van der Waals surface area contributed by atoms with E-state index in [1.54, 1.807) is 24.3 Å². The molecular formula is C19H16FNO4. The summed E-state index contributed by atoms with van der Waals surface area (Å²) in [5.74, 6) is -1.79. The summed E-state index contributed by atoms with van der Waals surface area (Å²) in [6.45, 7) is 0.949. The first-order valence-electron chi connectivity index (χ1n) is 7.45. The normalized spacial score (nSPS) is 10.5. The molecule has 0 bridgehead atoms. The van der Waals surface area contributed by atoms with Gasteiger partial charge in [-0.05, 0) is 42.8 Å². The van der Waals surface area contributed by atoms with Crippen LogP contribution in [0.4, 0.5) is 10.1 Å². The molecule has 0 aromatic heterocycles.